The topological polar surface area (TPSA) is 54.7 Å². The normalized spacial score (nSPS) is 10.7. The first-order valence-corrected chi connectivity index (χ1v) is 6.53. The summed E-state index contributed by atoms with van der Waals surface area (Å²) in [5, 5.41) is 1.00. The molecule has 0 amide bonds. The van der Waals surface area contributed by atoms with Gasteiger partial charge in [0.1, 0.15) is 0 Å². The molecule has 1 rings (SSSR count). The maximum absolute atomic E-state index is 5.41. The zero-order chi connectivity index (χ0) is 9.68. The van der Waals surface area contributed by atoms with Crippen LogP contribution in [0.5, 0.6) is 0 Å². The molecule has 0 saturated carbocycles. The van der Waals surface area contributed by atoms with Gasteiger partial charge in [-0.1, -0.05) is 11.8 Å². The van der Waals surface area contributed by atoms with E-state index in [1.165, 1.54) is 5.69 Å². The molecule has 0 spiro atoms. The molecular weight excluding hydrogens is 202 g/mol. The Kier molecular flexibility index (Phi) is 4.69. The minimum Gasteiger partial charge on any atom is -0.337 e. The second-order valence-corrected chi connectivity index (χ2v) is 4.56. The molecule has 0 aromatic carbocycles. The molecular formula is C8H15N3S2. The Labute approximate surface area is 87.3 Å². The number of imidazole rings is 1. The monoisotopic (exact) mass is 217 g/mol. The Bertz CT molecular complexity index is 260. The summed E-state index contributed by atoms with van der Waals surface area (Å²) in [5.41, 5.74) is 7.74. The Morgan fingerprint density at radius 3 is 2.85 bits per heavy atom. The lowest BCUT2D eigenvalue weighted by molar-refractivity contribution is 1.03. The van der Waals surface area contributed by atoms with E-state index in [0.717, 1.165) is 28.9 Å². The molecule has 74 valence electrons. The predicted molar refractivity (Wildman–Crippen MR) is 60.3 cm³/mol. The molecule has 1 aromatic rings. The molecule has 1 heterocycles. The van der Waals surface area contributed by atoms with Gasteiger partial charge < -0.3 is 10.7 Å². The molecule has 3 nitrogen and oxygen atoms in total. The maximum atomic E-state index is 5.41. The van der Waals surface area contributed by atoms with Gasteiger partial charge in [0.15, 0.2) is 5.16 Å². The van der Waals surface area contributed by atoms with Crippen molar-refractivity contribution in [2.45, 2.75) is 17.8 Å². The number of hydrogen-bond acceptors (Lipinski definition) is 4. The summed E-state index contributed by atoms with van der Waals surface area (Å²) in [7, 11) is 0. The predicted octanol–water partition coefficient (Wildman–Crippen LogP) is 1.63. The van der Waals surface area contributed by atoms with Crippen molar-refractivity contribution in [1.29, 1.82) is 0 Å². The molecule has 0 aliphatic carbocycles. The number of nitrogens with two attached hydrogens (primary N) is 1. The number of aromatic amines is 1. The van der Waals surface area contributed by atoms with Crippen LogP contribution in [0.2, 0.25) is 0 Å². The van der Waals surface area contributed by atoms with Crippen molar-refractivity contribution in [2.24, 2.45) is 5.73 Å². The lowest BCUT2D eigenvalue weighted by Crippen LogP contribution is -2.01. The third kappa shape index (κ3) is 3.25. The van der Waals surface area contributed by atoms with Crippen LogP contribution in [0.1, 0.15) is 11.4 Å². The summed E-state index contributed by atoms with van der Waals surface area (Å²) >= 11 is 3.47. The number of hydrogen-bond donors (Lipinski definition) is 2. The fourth-order valence-corrected chi connectivity index (χ4v) is 2.20. The molecule has 0 unspecified atom stereocenters. The van der Waals surface area contributed by atoms with Gasteiger partial charge in [-0.25, -0.2) is 4.98 Å². The Morgan fingerprint density at radius 1 is 1.54 bits per heavy atom. The van der Waals surface area contributed by atoms with E-state index in [-0.39, 0.29) is 0 Å². The first-order chi connectivity index (χ1) is 6.27. The van der Waals surface area contributed by atoms with Gasteiger partial charge in [0, 0.05) is 23.7 Å². The van der Waals surface area contributed by atoms with Crippen molar-refractivity contribution in [3.8, 4) is 0 Å². The van der Waals surface area contributed by atoms with Crippen LogP contribution in [0.25, 0.3) is 0 Å². The second-order valence-electron chi connectivity index (χ2n) is 2.66. The summed E-state index contributed by atoms with van der Waals surface area (Å²) in [4.78, 5) is 7.67. The third-order valence-electron chi connectivity index (χ3n) is 1.66. The summed E-state index contributed by atoms with van der Waals surface area (Å²) in [6, 6.07) is 0. The lowest BCUT2D eigenvalue weighted by atomic mass is 10.4. The minimum atomic E-state index is 0.740. The van der Waals surface area contributed by atoms with E-state index in [2.05, 4.69) is 16.9 Å². The third-order valence-corrected chi connectivity index (χ3v) is 3.24. The van der Waals surface area contributed by atoms with Crippen molar-refractivity contribution in [2.75, 3.05) is 18.6 Å². The molecule has 0 saturated heterocycles. The van der Waals surface area contributed by atoms with Gasteiger partial charge >= 0.3 is 0 Å². The highest BCUT2D eigenvalue weighted by atomic mass is 32.2. The number of H-pyrrole nitrogens is 1. The fraction of sp³-hybridized carbons (Fsp3) is 0.625. The largest absolute Gasteiger partial charge is 0.337 e. The fourth-order valence-electron chi connectivity index (χ4n) is 0.956. The lowest BCUT2D eigenvalue weighted by Gasteiger charge is -1.96. The smallest absolute Gasteiger partial charge is 0.165 e. The van der Waals surface area contributed by atoms with Crippen LogP contribution in [-0.2, 0) is 5.75 Å². The quantitative estimate of drug-likeness (QED) is 0.581. The molecule has 0 atom stereocenters. The van der Waals surface area contributed by atoms with E-state index in [1.54, 1.807) is 11.8 Å². The van der Waals surface area contributed by atoms with Crippen LogP contribution in [0.15, 0.2) is 5.16 Å². The Balaban J connectivity index is 2.50. The van der Waals surface area contributed by atoms with Crippen LogP contribution in [0.4, 0.5) is 0 Å². The second kappa shape index (κ2) is 5.57. The number of thioether (sulfide) groups is 2. The van der Waals surface area contributed by atoms with E-state index < -0.39 is 0 Å². The molecule has 0 bridgehead atoms. The van der Waals surface area contributed by atoms with Gasteiger partial charge in [-0.2, -0.15) is 11.8 Å². The zero-order valence-electron chi connectivity index (χ0n) is 7.96. The van der Waals surface area contributed by atoms with Gasteiger partial charge in [-0.3, -0.25) is 0 Å². The van der Waals surface area contributed by atoms with E-state index in [1.807, 2.05) is 18.0 Å². The molecule has 0 radical (unpaired) electrons. The van der Waals surface area contributed by atoms with E-state index in [0.29, 0.717) is 0 Å². The Morgan fingerprint density at radius 2 is 2.31 bits per heavy atom. The highest BCUT2D eigenvalue weighted by molar-refractivity contribution is 7.98. The first kappa shape index (κ1) is 10.9. The van der Waals surface area contributed by atoms with E-state index in [4.69, 9.17) is 5.73 Å². The molecule has 0 fully saturated rings. The van der Waals surface area contributed by atoms with Crippen molar-refractivity contribution in [1.82, 2.24) is 9.97 Å². The van der Waals surface area contributed by atoms with Gasteiger partial charge in [-0.05, 0) is 13.2 Å². The van der Waals surface area contributed by atoms with Crippen LogP contribution >= 0.6 is 23.5 Å². The molecule has 3 N–H and O–H groups in total. The Hall–Kier alpha value is -0.130. The molecule has 13 heavy (non-hydrogen) atoms. The minimum absolute atomic E-state index is 0.740. The van der Waals surface area contributed by atoms with E-state index in [9.17, 15) is 0 Å². The van der Waals surface area contributed by atoms with Crippen molar-refractivity contribution in [3.63, 3.8) is 0 Å². The number of aryl methyl sites for hydroxylation is 1. The van der Waals surface area contributed by atoms with Crippen molar-refractivity contribution in [3.05, 3.63) is 11.4 Å². The standard InChI is InChI=1S/C8H15N3S2/c1-6-7(5-13-4-3-9)11-8(10-6)12-2/h3-5,9H2,1-2H3,(H,10,11). The van der Waals surface area contributed by atoms with Crippen LogP contribution in [0, 0.1) is 6.92 Å². The number of nitrogens with zero attached hydrogens (tertiary/aromatic N) is 1. The average Bonchev–Trinajstić information content (AvgIpc) is 2.48. The zero-order valence-corrected chi connectivity index (χ0v) is 9.60. The summed E-state index contributed by atoms with van der Waals surface area (Å²) in [6.07, 6.45) is 2.02. The van der Waals surface area contributed by atoms with Gasteiger partial charge in [-0.15, -0.1) is 0 Å². The summed E-state index contributed by atoms with van der Waals surface area (Å²) in [5.74, 6) is 1.96. The highest BCUT2D eigenvalue weighted by Crippen LogP contribution is 2.17. The molecule has 0 aliphatic heterocycles. The number of rotatable bonds is 5. The maximum Gasteiger partial charge on any atom is 0.165 e. The summed E-state index contributed by atoms with van der Waals surface area (Å²) < 4.78 is 0. The van der Waals surface area contributed by atoms with E-state index >= 15 is 0 Å². The first-order valence-electron chi connectivity index (χ1n) is 4.15. The number of aromatic nitrogens is 2. The molecule has 5 heteroatoms. The van der Waals surface area contributed by atoms with Gasteiger partial charge in [0.2, 0.25) is 0 Å². The van der Waals surface area contributed by atoms with Crippen LogP contribution in [-0.4, -0.2) is 28.5 Å². The van der Waals surface area contributed by atoms with Crippen LogP contribution in [0.3, 0.4) is 0 Å². The van der Waals surface area contributed by atoms with Gasteiger partial charge in [0.05, 0.1) is 5.69 Å². The van der Waals surface area contributed by atoms with Gasteiger partial charge in [0.25, 0.3) is 0 Å². The molecule has 0 aliphatic rings. The summed E-state index contributed by atoms with van der Waals surface area (Å²) in [6.45, 7) is 2.80. The van der Waals surface area contributed by atoms with Crippen molar-refractivity contribution < 1.29 is 0 Å². The SMILES string of the molecule is CSc1nc(CSCCN)c(C)[nH]1. The average molecular weight is 217 g/mol. The number of nitrogens with one attached hydrogen (secondary N) is 1. The van der Waals surface area contributed by atoms with Crippen molar-refractivity contribution >= 4 is 23.5 Å². The molecule has 1 aromatic heterocycles. The van der Waals surface area contributed by atoms with Crippen LogP contribution < -0.4 is 5.73 Å². The highest BCUT2D eigenvalue weighted by Gasteiger charge is 2.04.